The minimum absolute atomic E-state index is 0.102. The molecule has 5 nitrogen and oxygen atoms in total. The Labute approximate surface area is 185 Å². The van der Waals surface area contributed by atoms with E-state index in [-0.39, 0.29) is 23.3 Å². The van der Waals surface area contributed by atoms with Gasteiger partial charge < -0.3 is 5.32 Å². The van der Waals surface area contributed by atoms with Crippen molar-refractivity contribution in [2.24, 2.45) is 0 Å². The van der Waals surface area contributed by atoms with Crippen LogP contribution < -0.4 is 10.9 Å². The summed E-state index contributed by atoms with van der Waals surface area (Å²) in [6.45, 7) is 2.45. The van der Waals surface area contributed by atoms with Crippen LogP contribution in [-0.2, 0) is 11.3 Å². The van der Waals surface area contributed by atoms with Crippen molar-refractivity contribution in [2.45, 2.75) is 24.7 Å². The molecular formula is C25H23N3O2S. The molecule has 4 rings (SSSR count). The van der Waals surface area contributed by atoms with Crippen molar-refractivity contribution >= 4 is 28.6 Å². The normalized spacial score (nSPS) is 11.9. The molecule has 1 atom stereocenters. The fourth-order valence-electron chi connectivity index (χ4n) is 3.43. The summed E-state index contributed by atoms with van der Waals surface area (Å²) in [7, 11) is 0. The highest BCUT2D eigenvalue weighted by Gasteiger charge is 2.18. The first-order chi connectivity index (χ1) is 15.1. The Morgan fingerprint density at radius 2 is 1.61 bits per heavy atom. The smallest absolute Gasteiger partial charge is 0.262 e. The molecular weight excluding hydrogens is 406 g/mol. The standard InChI is InChI=1S/C25H23N3O2S/c1-18(20-12-6-3-7-13-20)28-24(30)21-14-8-9-15-22(21)27-25(28)31-17-23(29)26-16-19-10-4-2-5-11-19/h2-15,18H,16-17H2,1H3,(H,26,29)/t18-/m1/s1. The SMILES string of the molecule is C[C@H](c1ccccc1)n1c(SCC(=O)NCc2ccccc2)nc2ccccc2c1=O. The highest BCUT2D eigenvalue weighted by Crippen LogP contribution is 2.24. The molecule has 0 bridgehead atoms. The quantitative estimate of drug-likeness (QED) is 0.349. The van der Waals surface area contributed by atoms with E-state index in [0.29, 0.717) is 22.6 Å². The van der Waals surface area contributed by atoms with Crippen LogP contribution in [0.3, 0.4) is 0 Å². The maximum atomic E-state index is 13.3. The summed E-state index contributed by atoms with van der Waals surface area (Å²) in [6.07, 6.45) is 0. The zero-order chi connectivity index (χ0) is 21.6. The van der Waals surface area contributed by atoms with Crippen LogP contribution in [0.4, 0.5) is 0 Å². The van der Waals surface area contributed by atoms with Crippen LogP contribution in [0.2, 0.25) is 0 Å². The minimum Gasteiger partial charge on any atom is -0.351 e. The summed E-state index contributed by atoms with van der Waals surface area (Å²) < 4.78 is 1.69. The zero-order valence-corrected chi connectivity index (χ0v) is 18.0. The Morgan fingerprint density at radius 1 is 0.968 bits per heavy atom. The average molecular weight is 430 g/mol. The lowest BCUT2D eigenvalue weighted by atomic mass is 10.1. The third-order valence-electron chi connectivity index (χ3n) is 5.11. The monoisotopic (exact) mass is 429 g/mol. The van der Waals surface area contributed by atoms with E-state index >= 15 is 0 Å². The molecule has 1 aromatic heterocycles. The van der Waals surface area contributed by atoms with Crippen LogP contribution in [0.1, 0.15) is 24.1 Å². The van der Waals surface area contributed by atoms with Gasteiger partial charge in [-0.2, -0.15) is 0 Å². The van der Waals surface area contributed by atoms with Crippen LogP contribution in [0.5, 0.6) is 0 Å². The molecule has 6 heteroatoms. The molecule has 1 heterocycles. The molecule has 156 valence electrons. The second kappa shape index (κ2) is 9.62. The van der Waals surface area contributed by atoms with E-state index in [1.165, 1.54) is 11.8 Å². The van der Waals surface area contributed by atoms with Gasteiger partial charge in [-0.3, -0.25) is 14.2 Å². The summed E-state index contributed by atoms with van der Waals surface area (Å²) in [4.78, 5) is 30.5. The Hall–Kier alpha value is -3.38. The lowest BCUT2D eigenvalue weighted by Gasteiger charge is -2.20. The van der Waals surface area contributed by atoms with Gasteiger partial charge in [0.05, 0.1) is 22.7 Å². The summed E-state index contributed by atoms with van der Waals surface area (Å²) in [6, 6.07) is 26.7. The van der Waals surface area contributed by atoms with Gasteiger partial charge in [0.25, 0.3) is 5.56 Å². The van der Waals surface area contributed by atoms with Crippen molar-refractivity contribution in [3.05, 3.63) is 106 Å². The summed E-state index contributed by atoms with van der Waals surface area (Å²) in [5, 5.41) is 4.04. The largest absolute Gasteiger partial charge is 0.351 e. The van der Waals surface area contributed by atoms with Gasteiger partial charge in [-0.15, -0.1) is 0 Å². The topological polar surface area (TPSA) is 64.0 Å². The first kappa shape index (κ1) is 20.9. The van der Waals surface area contributed by atoms with Crippen molar-refractivity contribution in [2.75, 3.05) is 5.75 Å². The fraction of sp³-hybridized carbons (Fsp3) is 0.160. The average Bonchev–Trinajstić information content (AvgIpc) is 2.82. The van der Waals surface area contributed by atoms with Crippen LogP contribution in [0.15, 0.2) is 94.9 Å². The maximum absolute atomic E-state index is 13.3. The Balaban J connectivity index is 1.60. The van der Waals surface area contributed by atoms with Gasteiger partial charge in [-0.1, -0.05) is 84.6 Å². The van der Waals surface area contributed by atoms with Gasteiger partial charge in [-0.25, -0.2) is 4.98 Å². The number of amides is 1. The highest BCUT2D eigenvalue weighted by atomic mass is 32.2. The van der Waals surface area contributed by atoms with Crippen molar-refractivity contribution in [3.8, 4) is 0 Å². The van der Waals surface area contributed by atoms with Gasteiger partial charge in [-0.05, 0) is 30.2 Å². The van der Waals surface area contributed by atoms with Crippen LogP contribution in [0, 0.1) is 0 Å². The predicted octanol–water partition coefficient (Wildman–Crippen LogP) is 4.41. The Morgan fingerprint density at radius 3 is 2.35 bits per heavy atom. The van der Waals surface area contributed by atoms with Crippen molar-refractivity contribution in [1.29, 1.82) is 0 Å². The van der Waals surface area contributed by atoms with E-state index in [1.807, 2.05) is 85.8 Å². The lowest BCUT2D eigenvalue weighted by molar-refractivity contribution is -0.118. The molecule has 1 N–H and O–H groups in total. The number of carbonyl (C=O) groups excluding carboxylic acids is 1. The molecule has 31 heavy (non-hydrogen) atoms. The van der Waals surface area contributed by atoms with Crippen LogP contribution in [0.25, 0.3) is 10.9 Å². The number of thioether (sulfide) groups is 1. The maximum Gasteiger partial charge on any atom is 0.262 e. The summed E-state index contributed by atoms with van der Waals surface area (Å²) in [5.41, 5.74) is 2.58. The number of aromatic nitrogens is 2. The molecule has 0 aliphatic carbocycles. The van der Waals surface area contributed by atoms with Gasteiger partial charge in [0.15, 0.2) is 5.16 Å². The first-order valence-corrected chi connectivity index (χ1v) is 11.1. The molecule has 1 amide bonds. The number of fused-ring (bicyclic) bond motifs is 1. The van der Waals surface area contributed by atoms with E-state index in [9.17, 15) is 9.59 Å². The molecule has 3 aromatic carbocycles. The van der Waals surface area contributed by atoms with Gasteiger partial charge >= 0.3 is 0 Å². The molecule has 0 aliphatic heterocycles. The van der Waals surface area contributed by atoms with Gasteiger partial charge in [0, 0.05) is 6.54 Å². The minimum atomic E-state index is -0.208. The molecule has 0 spiro atoms. The first-order valence-electron chi connectivity index (χ1n) is 10.1. The fourth-order valence-corrected chi connectivity index (χ4v) is 4.33. The number of benzene rings is 3. The second-order valence-corrected chi connectivity index (χ2v) is 8.17. The molecule has 0 aliphatic rings. The molecule has 0 saturated heterocycles. The molecule has 0 radical (unpaired) electrons. The van der Waals surface area contributed by atoms with Gasteiger partial charge in [0.2, 0.25) is 5.91 Å². The van der Waals surface area contributed by atoms with E-state index in [1.54, 1.807) is 10.6 Å². The van der Waals surface area contributed by atoms with E-state index in [0.717, 1.165) is 11.1 Å². The number of rotatable bonds is 7. The van der Waals surface area contributed by atoms with Crippen molar-refractivity contribution < 1.29 is 4.79 Å². The molecule has 0 fully saturated rings. The number of carbonyl (C=O) groups is 1. The highest BCUT2D eigenvalue weighted by molar-refractivity contribution is 7.99. The number of para-hydroxylation sites is 1. The molecule has 0 saturated carbocycles. The van der Waals surface area contributed by atoms with E-state index < -0.39 is 0 Å². The second-order valence-electron chi connectivity index (χ2n) is 7.22. The third kappa shape index (κ3) is 4.86. The van der Waals surface area contributed by atoms with Gasteiger partial charge in [0.1, 0.15) is 0 Å². The van der Waals surface area contributed by atoms with E-state index in [2.05, 4.69) is 5.32 Å². The summed E-state index contributed by atoms with van der Waals surface area (Å²) in [5.74, 6) is 0.0780. The number of hydrogen-bond donors (Lipinski definition) is 1. The van der Waals surface area contributed by atoms with Crippen LogP contribution in [-0.4, -0.2) is 21.2 Å². The number of hydrogen-bond acceptors (Lipinski definition) is 4. The van der Waals surface area contributed by atoms with Crippen molar-refractivity contribution in [1.82, 2.24) is 14.9 Å². The van der Waals surface area contributed by atoms with E-state index in [4.69, 9.17) is 4.98 Å². The summed E-state index contributed by atoms with van der Waals surface area (Å²) >= 11 is 1.28. The van der Waals surface area contributed by atoms with Crippen LogP contribution >= 0.6 is 11.8 Å². The lowest BCUT2D eigenvalue weighted by Crippen LogP contribution is -2.28. The number of nitrogens with one attached hydrogen (secondary N) is 1. The predicted molar refractivity (Wildman–Crippen MR) is 125 cm³/mol. The third-order valence-corrected chi connectivity index (χ3v) is 6.06. The zero-order valence-electron chi connectivity index (χ0n) is 17.2. The Kier molecular flexibility index (Phi) is 6.48. The number of nitrogens with zero attached hydrogens (tertiary/aromatic N) is 2. The Bertz CT molecular complexity index is 1240. The molecule has 4 aromatic rings. The van der Waals surface area contributed by atoms with Crippen molar-refractivity contribution in [3.63, 3.8) is 0 Å². The molecule has 0 unspecified atom stereocenters.